The highest BCUT2D eigenvalue weighted by Crippen LogP contribution is 1.99. The fourth-order valence-electron chi connectivity index (χ4n) is 1.30. The third kappa shape index (κ3) is 5.00. The molecule has 86 valence electrons. The van der Waals surface area contributed by atoms with Gasteiger partial charge in [-0.05, 0) is 13.8 Å². The lowest BCUT2D eigenvalue weighted by atomic mass is 10.1. The molecule has 1 unspecified atom stereocenters. The third-order valence-electron chi connectivity index (χ3n) is 2.01. The number of rotatable bonds is 3. The van der Waals surface area contributed by atoms with Crippen LogP contribution in [0.4, 0.5) is 0 Å². The number of hydrogen-bond donors (Lipinski definition) is 2. The Balaban J connectivity index is 0. The summed E-state index contributed by atoms with van der Waals surface area (Å²) in [7, 11) is 0. The molecule has 1 aliphatic rings. The van der Waals surface area contributed by atoms with Gasteiger partial charge in [0, 0.05) is 0 Å². The molecule has 5 N–H and O–H groups in total. The smallest absolute Gasteiger partial charge is 0.125 e. The second-order valence-electron chi connectivity index (χ2n) is 3.45. The number of oxime groups is 1. The fourth-order valence-corrected chi connectivity index (χ4v) is 1.30. The highest BCUT2D eigenvalue weighted by atomic mass is 35.5. The molecule has 1 heterocycles. The van der Waals surface area contributed by atoms with Gasteiger partial charge in [-0.3, -0.25) is 0 Å². The molecule has 1 rings (SSSR count). The first-order valence-corrected chi connectivity index (χ1v) is 4.57. The predicted molar refractivity (Wildman–Crippen MR) is 46.6 cm³/mol. The molecular weight excluding hydrogens is 225 g/mol. The standard InChI is InChI=1S/C8H17N3O.2ClH/c1-6(2)12-11-8-5-10-4-7(8)3-9;;/h6-7,10H,3-5,9H2,1-2H3;2*1H/b11-8+;;. The van der Waals surface area contributed by atoms with Crippen LogP contribution >= 0.6 is 0 Å². The molecule has 0 aromatic rings. The maximum Gasteiger partial charge on any atom is 0.125 e. The zero-order valence-corrected chi connectivity index (χ0v) is 10.2. The van der Waals surface area contributed by atoms with E-state index in [4.69, 9.17) is 4.84 Å². The van der Waals surface area contributed by atoms with Crippen molar-refractivity contribution in [1.29, 1.82) is 0 Å². The maximum absolute atomic E-state index is 5.20. The molecule has 6 heteroatoms. The Bertz CT molecular complexity index is 176. The first kappa shape index (κ1) is 16.4. The van der Waals surface area contributed by atoms with Crippen molar-refractivity contribution >= 4 is 5.71 Å². The van der Waals surface area contributed by atoms with Crippen molar-refractivity contribution in [3.05, 3.63) is 0 Å². The number of nitrogens with zero attached hydrogens (tertiary/aromatic N) is 1. The van der Waals surface area contributed by atoms with E-state index in [1.54, 1.807) is 0 Å². The maximum atomic E-state index is 5.20. The molecule has 0 saturated carbocycles. The van der Waals surface area contributed by atoms with Crippen LogP contribution in [-0.4, -0.2) is 31.4 Å². The molecule has 4 nitrogen and oxygen atoms in total. The SMILES string of the molecule is CC(C)O/N=C1\C[NH2+]CC1C[NH3+].[Cl-].[Cl-]. The molecule has 1 fully saturated rings. The van der Waals surface area contributed by atoms with Crippen LogP contribution in [0.1, 0.15) is 13.8 Å². The zero-order chi connectivity index (χ0) is 8.97. The van der Waals surface area contributed by atoms with E-state index in [0.717, 1.165) is 19.6 Å². The van der Waals surface area contributed by atoms with Crippen molar-refractivity contribution in [1.82, 2.24) is 0 Å². The van der Waals surface area contributed by atoms with Gasteiger partial charge in [0.1, 0.15) is 24.3 Å². The molecule has 0 radical (unpaired) electrons. The van der Waals surface area contributed by atoms with E-state index < -0.39 is 0 Å². The van der Waals surface area contributed by atoms with E-state index in [1.807, 2.05) is 13.8 Å². The topological polar surface area (TPSA) is 65.8 Å². The molecule has 0 aromatic carbocycles. The largest absolute Gasteiger partial charge is 1.00 e. The molecule has 1 saturated heterocycles. The third-order valence-corrected chi connectivity index (χ3v) is 2.01. The minimum atomic E-state index is 0. The van der Waals surface area contributed by atoms with Crippen molar-refractivity contribution in [3.63, 3.8) is 0 Å². The van der Waals surface area contributed by atoms with Crippen LogP contribution in [0, 0.1) is 5.92 Å². The first-order valence-electron chi connectivity index (χ1n) is 4.57. The zero-order valence-electron chi connectivity index (χ0n) is 8.67. The minimum absolute atomic E-state index is 0. The van der Waals surface area contributed by atoms with Gasteiger partial charge in [-0.1, -0.05) is 5.16 Å². The molecule has 1 atom stereocenters. The summed E-state index contributed by atoms with van der Waals surface area (Å²) in [6.45, 7) is 7.00. The lowest BCUT2D eigenvalue weighted by Gasteiger charge is -2.04. The Hall–Kier alpha value is -0.0300. The van der Waals surface area contributed by atoms with Gasteiger partial charge < -0.3 is 40.7 Å². The summed E-state index contributed by atoms with van der Waals surface area (Å²) in [6.07, 6.45) is 0.184. The Kier molecular flexibility index (Phi) is 9.72. The summed E-state index contributed by atoms with van der Waals surface area (Å²) < 4.78 is 0. The number of quaternary nitrogens is 2. The van der Waals surface area contributed by atoms with Crippen LogP contribution < -0.4 is 35.9 Å². The van der Waals surface area contributed by atoms with Gasteiger partial charge in [-0.2, -0.15) is 0 Å². The van der Waals surface area contributed by atoms with Crippen LogP contribution in [0.15, 0.2) is 5.16 Å². The molecule has 0 aromatic heterocycles. The van der Waals surface area contributed by atoms with Crippen LogP contribution in [0.25, 0.3) is 0 Å². The van der Waals surface area contributed by atoms with E-state index >= 15 is 0 Å². The Morgan fingerprint density at radius 1 is 1.57 bits per heavy atom. The van der Waals surface area contributed by atoms with Gasteiger partial charge in [0.15, 0.2) is 0 Å². The van der Waals surface area contributed by atoms with Gasteiger partial charge in [0.2, 0.25) is 0 Å². The highest BCUT2D eigenvalue weighted by Gasteiger charge is 2.27. The van der Waals surface area contributed by atoms with Gasteiger partial charge >= 0.3 is 0 Å². The molecule has 0 amide bonds. The van der Waals surface area contributed by atoms with Crippen molar-refractivity contribution in [2.45, 2.75) is 20.0 Å². The van der Waals surface area contributed by atoms with E-state index in [2.05, 4.69) is 16.2 Å². The molecule has 14 heavy (non-hydrogen) atoms. The summed E-state index contributed by atoms with van der Waals surface area (Å²) in [5.74, 6) is 0.531. The van der Waals surface area contributed by atoms with Gasteiger partial charge in [0.05, 0.1) is 13.1 Å². The van der Waals surface area contributed by atoms with Crippen molar-refractivity contribution < 1.29 is 40.7 Å². The van der Waals surface area contributed by atoms with E-state index in [1.165, 1.54) is 5.71 Å². The van der Waals surface area contributed by atoms with Crippen LogP contribution in [0.3, 0.4) is 0 Å². The summed E-state index contributed by atoms with van der Waals surface area (Å²) >= 11 is 0. The van der Waals surface area contributed by atoms with Crippen molar-refractivity contribution in [2.24, 2.45) is 11.1 Å². The number of hydrogen-bond acceptors (Lipinski definition) is 2. The summed E-state index contributed by atoms with van der Waals surface area (Å²) in [5, 5.41) is 6.37. The highest BCUT2D eigenvalue weighted by molar-refractivity contribution is 5.88. The van der Waals surface area contributed by atoms with E-state index in [0.29, 0.717) is 5.92 Å². The Morgan fingerprint density at radius 2 is 2.21 bits per heavy atom. The number of nitrogens with two attached hydrogens (primary N) is 1. The first-order chi connectivity index (χ1) is 5.74. The number of halogens is 2. The molecule has 0 aliphatic carbocycles. The second-order valence-corrected chi connectivity index (χ2v) is 3.45. The van der Waals surface area contributed by atoms with Crippen molar-refractivity contribution in [2.75, 3.05) is 19.6 Å². The summed E-state index contributed by atoms with van der Waals surface area (Å²) in [5.41, 5.74) is 5.05. The molecular formula is C8H19Cl2N3O. The summed E-state index contributed by atoms with van der Waals surface area (Å²) in [4.78, 5) is 5.20. The second kappa shape index (κ2) is 8.29. The molecule has 1 aliphatic heterocycles. The van der Waals surface area contributed by atoms with E-state index in [-0.39, 0.29) is 30.9 Å². The van der Waals surface area contributed by atoms with E-state index in [9.17, 15) is 0 Å². The normalized spacial score (nSPS) is 23.1. The average molecular weight is 244 g/mol. The Labute approximate surface area is 97.4 Å². The fraction of sp³-hybridized carbons (Fsp3) is 0.875. The lowest BCUT2D eigenvalue weighted by Crippen LogP contribution is -3.00. The van der Waals surface area contributed by atoms with Crippen molar-refractivity contribution in [3.8, 4) is 0 Å². The molecule has 0 bridgehead atoms. The summed E-state index contributed by atoms with van der Waals surface area (Å²) in [6, 6.07) is 0. The van der Waals surface area contributed by atoms with Crippen LogP contribution in [-0.2, 0) is 4.84 Å². The Morgan fingerprint density at radius 3 is 2.71 bits per heavy atom. The monoisotopic (exact) mass is 243 g/mol. The predicted octanol–water partition coefficient (Wildman–Crippen LogP) is -7.79. The average Bonchev–Trinajstić information content (AvgIpc) is 2.47. The lowest BCUT2D eigenvalue weighted by molar-refractivity contribution is -0.635. The van der Waals surface area contributed by atoms with Gasteiger partial charge in [0.25, 0.3) is 0 Å². The van der Waals surface area contributed by atoms with Gasteiger partial charge in [-0.25, -0.2) is 0 Å². The van der Waals surface area contributed by atoms with Crippen LogP contribution in [0.5, 0.6) is 0 Å². The quantitative estimate of drug-likeness (QED) is 0.476. The van der Waals surface area contributed by atoms with Crippen LogP contribution in [0.2, 0.25) is 0 Å². The van der Waals surface area contributed by atoms with Gasteiger partial charge in [-0.15, -0.1) is 0 Å². The minimum Gasteiger partial charge on any atom is -1.00 e. The molecule has 0 spiro atoms.